The van der Waals surface area contributed by atoms with Crippen LogP contribution in [0.5, 0.6) is 11.5 Å². The molecule has 140 valence electrons. The van der Waals surface area contributed by atoms with Gasteiger partial charge in [0.25, 0.3) is 0 Å². The first-order valence-corrected chi connectivity index (χ1v) is 9.18. The Bertz CT molecular complexity index is 1110. The van der Waals surface area contributed by atoms with E-state index in [4.69, 9.17) is 14.5 Å². The number of fused-ring (bicyclic) bond motifs is 1. The molecule has 0 atom stereocenters. The molecule has 4 rings (SSSR count). The Morgan fingerprint density at radius 3 is 2.36 bits per heavy atom. The zero-order chi connectivity index (χ0) is 19.3. The highest BCUT2D eigenvalue weighted by molar-refractivity contribution is 5.80. The Labute approximate surface area is 164 Å². The second-order valence-electron chi connectivity index (χ2n) is 6.46. The molecule has 0 aliphatic rings. The van der Waals surface area contributed by atoms with Crippen molar-refractivity contribution in [3.8, 4) is 11.5 Å². The third-order valence-electron chi connectivity index (χ3n) is 4.75. The lowest BCUT2D eigenvalue weighted by molar-refractivity contribution is 0.408. The lowest BCUT2D eigenvalue weighted by Crippen LogP contribution is -2.03. The summed E-state index contributed by atoms with van der Waals surface area (Å²) in [5.41, 5.74) is 4.29. The van der Waals surface area contributed by atoms with Crippen molar-refractivity contribution >= 4 is 23.2 Å². The maximum atomic E-state index is 5.53. The van der Waals surface area contributed by atoms with Gasteiger partial charge in [-0.25, -0.2) is 4.98 Å². The number of ether oxygens (including phenoxy) is 2. The predicted molar refractivity (Wildman–Crippen MR) is 114 cm³/mol. The molecule has 0 aliphatic heterocycles. The van der Waals surface area contributed by atoms with Crippen molar-refractivity contribution in [3.05, 3.63) is 89.7 Å². The summed E-state index contributed by atoms with van der Waals surface area (Å²) in [5.74, 6) is 2.63. The van der Waals surface area contributed by atoms with Crippen LogP contribution in [-0.2, 0) is 6.54 Å². The minimum Gasteiger partial charge on any atom is -0.497 e. The van der Waals surface area contributed by atoms with Gasteiger partial charge in [0.2, 0.25) is 0 Å². The first-order chi connectivity index (χ1) is 13.8. The maximum absolute atomic E-state index is 5.53. The minimum atomic E-state index is 0.687. The predicted octanol–water partition coefficient (Wildman–Crippen LogP) is 5.27. The Morgan fingerprint density at radius 2 is 1.57 bits per heavy atom. The van der Waals surface area contributed by atoms with Crippen LogP contribution in [-0.4, -0.2) is 23.8 Å². The highest BCUT2D eigenvalue weighted by Gasteiger charge is 2.11. The van der Waals surface area contributed by atoms with E-state index in [9.17, 15) is 0 Å². The molecule has 4 aromatic rings. The fraction of sp³-hybridized carbons (Fsp3) is 0.125. The van der Waals surface area contributed by atoms with Gasteiger partial charge in [-0.15, -0.1) is 0 Å². The third kappa shape index (κ3) is 3.62. The van der Waals surface area contributed by atoms with Gasteiger partial charge in [0.1, 0.15) is 17.3 Å². The monoisotopic (exact) mass is 370 g/mol. The SMILES string of the molecule is COc1ccc(/C=C/c2nc3ccccc3n2Cc2ccccc2OC)cc1. The Hall–Kier alpha value is -3.53. The van der Waals surface area contributed by atoms with Crippen LogP contribution in [0.2, 0.25) is 0 Å². The summed E-state index contributed by atoms with van der Waals surface area (Å²) < 4.78 is 13.0. The zero-order valence-electron chi connectivity index (χ0n) is 16.0. The number of hydrogen-bond acceptors (Lipinski definition) is 3. The molecule has 0 bridgehead atoms. The quantitative estimate of drug-likeness (QED) is 0.464. The van der Waals surface area contributed by atoms with Gasteiger partial charge in [-0.2, -0.15) is 0 Å². The Balaban J connectivity index is 1.73. The highest BCUT2D eigenvalue weighted by Crippen LogP contribution is 2.24. The fourth-order valence-corrected chi connectivity index (χ4v) is 3.28. The Morgan fingerprint density at radius 1 is 0.821 bits per heavy atom. The van der Waals surface area contributed by atoms with E-state index in [1.807, 2.05) is 60.7 Å². The molecule has 0 spiro atoms. The maximum Gasteiger partial charge on any atom is 0.134 e. The number of methoxy groups -OCH3 is 2. The average Bonchev–Trinajstić information content (AvgIpc) is 3.10. The first kappa shape index (κ1) is 17.9. The van der Waals surface area contributed by atoms with Gasteiger partial charge >= 0.3 is 0 Å². The summed E-state index contributed by atoms with van der Waals surface area (Å²) in [4.78, 5) is 4.82. The molecule has 28 heavy (non-hydrogen) atoms. The van der Waals surface area contributed by atoms with Crippen LogP contribution in [0.1, 0.15) is 17.0 Å². The van der Waals surface area contributed by atoms with E-state index in [1.165, 1.54) is 0 Å². The van der Waals surface area contributed by atoms with Crippen LogP contribution < -0.4 is 9.47 Å². The molecule has 0 radical (unpaired) electrons. The molecule has 0 aliphatic carbocycles. The van der Waals surface area contributed by atoms with E-state index in [-0.39, 0.29) is 0 Å². The van der Waals surface area contributed by atoms with E-state index in [0.717, 1.165) is 39.5 Å². The molecule has 0 saturated carbocycles. The molecule has 0 unspecified atom stereocenters. The summed E-state index contributed by atoms with van der Waals surface area (Å²) in [6.45, 7) is 0.687. The summed E-state index contributed by atoms with van der Waals surface area (Å²) in [6, 6.07) is 24.3. The number of rotatable bonds is 6. The third-order valence-corrected chi connectivity index (χ3v) is 4.75. The molecule has 1 heterocycles. The number of benzene rings is 3. The Kier molecular flexibility index (Phi) is 5.11. The van der Waals surface area contributed by atoms with Crippen LogP contribution in [0.25, 0.3) is 23.2 Å². The van der Waals surface area contributed by atoms with E-state index in [1.54, 1.807) is 14.2 Å². The first-order valence-electron chi connectivity index (χ1n) is 9.18. The standard InChI is InChI=1S/C24H22N2O2/c1-27-20-14-11-18(12-15-20)13-16-24-25-21-8-4-5-9-22(21)26(24)17-19-7-3-6-10-23(19)28-2/h3-16H,17H2,1-2H3/b16-13+. The number of aromatic nitrogens is 2. The van der Waals surface area contributed by atoms with Gasteiger partial charge in [-0.1, -0.05) is 48.5 Å². The largest absolute Gasteiger partial charge is 0.497 e. The van der Waals surface area contributed by atoms with Gasteiger partial charge in [0.15, 0.2) is 0 Å². The van der Waals surface area contributed by atoms with Gasteiger partial charge < -0.3 is 14.0 Å². The molecule has 0 amide bonds. The number of imidazole rings is 1. The number of hydrogen-bond donors (Lipinski definition) is 0. The summed E-state index contributed by atoms with van der Waals surface area (Å²) in [7, 11) is 3.38. The number of nitrogens with zero attached hydrogens (tertiary/aromatic N) is 2. The normalized spacial score (nSPS) is 11.2. The second-order valence-corrected chi connectivity index (χ2v) is 6.46. The van der Waals surface area contributed by atoms with E-state index in [0.29, 0.717) is 6.54 Å². The van der Waals surface area contributed by atoms with E-state index < -0.39 is 0 Å². The van der Waals surface area contributed by atoms with Crippen LogP contribution in [0, 0.1) is 0 Å². The van der Waals surface area contributed by atoms with Gasteiger partial charge in [0.05, 0.1) is 31.8 Å². The van der Waals surface area contributed by atoms with Gasteiger partial charge in [0, 0.05) is 5.56 Å². The summed E-state index contributed by atoms with van der Waals surface area (Å²) in [5, 5.41) is 0. The fourth-order valence-electron chi connectivity index (χ4n) is 3.28. The van der Waals surface area contributed by atoms with Crippen LogP contribution in [0.3, 0.4) is 0 Å². The van der Waals surface area contributed by atoms with E-state index in [2.05, 4.69) is 28.9 Å². The lowest BCUT2D eigenvalue weighted by Gasteiger charge is -2.11. The summed E-state index contributed by atoms with van der Waals surface area (Å²) in [6.07, 6.45) is 4.12. The van der Waals surface area contributed by atoms with Crippen LogP contribution in [0.15, 0.2) is 72.8 Å². The van der Waals surface area contributed by atoms with Crippen molar-refractivity contribution in [1.29, 1.82) is 0 Å². The topological polar surface area (TPSA) is 36.3 Å². The minimum absolute atomic E-state index is 0.687. The van der Waals surface area contributed by atoms with Crippen molar-refractivity contribution < 1.29 is 9.47 Å². The molecule has 0 saturated heterocycles. The molecule has 4 heteroatoms. The van der Waals surface area contributed by atoms with Gasteiger partial charge in [-0.3, -0.25) is 0 Å². The zero-order valence-corrected chi connectivity index (χ0v) is 16.0. The van der Waals surface area contributed by atoms with Crippen molar-refractivity contribution in [1.82, 2.24) is 9.55 Å². The number of para-hydroxylation sites is 3. The van der Waals surface area contributed by atoms with Crippen LogP contribution >= 0.6 is 0 Å². The highest BCUT2D eigenvalue weighted by atomic mass is 16.5. The van der Waals surface area contributed by atoms with Crippen LogP contribution in [0.4, 0.5) is 0 Å². The molecular weight excluding hydrogens is 348 g/mol. The molecule has 4 nitrogen and oxygen atoms in total. The summed E-state index contributed by atoms with van der Waals surface area (Å²) >= 11 is 0. The smallest absolute Gasteiger partial charge is 0.134 e. The van der Waals surface area contributed by atoms with Crippen molar-refractivity contribution in [2.45, 2.75) is 6.54 Å². The molecular formula is C24H22N2O2. The molecule has 0 fully saturated rings. The molecule has 1 aromatic heterocycles. The van der Waals surface area contributed by atoms with Gasteiger partial charge in [-0.05, 0) is 42.0 Å². The molecule has 3 aromatic carbocycles. The van der Waals surface area contributed by atoms with Crippen molar-refractivity contribution in [2.24, 2.45) is 0 Å². The average molecular weight is 370 g/mol. The van der Waals surface area contributed by atoms with E-state index >= 15 is 0 Å². The lowest BCUT2D eigenvalue weighted by atomic mass is 10.2. The van der Waals surface area contributed by atoms with Crippen molar-refractivity contribution in [3.63, 3.8) is 0 Å². The molecule has 0 N–H and O–H groups in total. The second kappa shape index (κ2) is 8.01. The van der Waals surface area contributed by atoms with Crippen molar-refractivity contribution in [2.75, 3.05) is 14.2 Å².